The van der Waals surface area contributed by atoms with Crippen LogP contribution >= 0.6 is 11.3 Å². The first-order valence-electron chi connectivity index (χ1n) is 11.5. The summed E-state index contributed by atoms with van der Waals surface area (Å²) < 4.78 is 1.38. The molecule has 1 saturated carbocycles. The second-order valence-corrected chi connectivity index (χ2v) is 11.0. The summed E-state index contributed by atoms with van der Waals surface area (Å²) in [7, 11) is 0. The molecular formula is C25H31N5OS. The molecule has 32 heavy (non-hydrogen) atoms. The van der Waals surface area contributed by atoms with E-state index in [0.29, 0.717) is 29.6 Å². The van der Waals surface area contributed by atoms with Gasteiger partial charge in [0.2, 0.25) is 0 Å². The topological polar surface area (TPSA) is 87.4 Å². The van der Waals surface area contributed by atoms with Crippen LogP contribution in [0.5, 0.6) is 0 Å². The Hall–Kier alpha value is -2.51. The van der Waals surface area contributed by atoms with Crippen LogP contribution in [0.25, 0.3) is 21.5 Å². The number of thiophene rings is 1. The molecule has 3 N–H and O–H groups in total. The van der Waals surface area contributed by atoms with E-state index >= 15 is 0 Å². The van der Waals surface area contributed by atoms with Gasteiger partial charge >= 0.3 is 0 Å². The zero-order valence-corrected chi connectivity index (χ0v) is 19.8. The number of fused-ring (bicyclic) bond motifs is 1. The molecule has 0 radical (unpaired) electrons. The summed E-state index contributed by atoms with van der Waals surface area (Å²) in [5, 5.41) is 0. The molecule has 2 aliphatic rings. The van der Waals surface area contributed by atoms with Crippen LogP contribution in [0.4, 0.5) is 5.82 Å². The number of aryl methyl sites for hydroxylation is 1. The first kappa shape index (κ1) is 21.3. The minimum absolute atomic E-state index is 0.408. The third-order valence-corrected chi connectivity index (χ3v) is 8.52. The van der Waals surface area contributed by atoms with Gasteiger partial charge in [0.05, 0.1) is 28.8 Å². The van der Waals surface area contributed by atoms with E-state index < -0.39 is 0 Å². The second-order valence-electron chi connectivity index (χ2n) is 9.88. The molecular weight excluding hydrogens is 418 g/mol. The molecule has 0 amide bonds. The lowest BCUT2D eigenvalue weighted by Crippen LogP contribution is -2.55. The molecule has 4 heterocycles. The lowest BCUT2D eigenvalue weighted by atomic mass is 9.77. The first-order valence-corrected chi connectivity index (χ1v) is 12.3. The minimum atomic E-state index is 0.408. The number of carbonyl (C=O) groups excluding carboxylic acids is 1. The third kappa shape index (κ3) is 3.57. The largest absolute Gasteiger partial charge is 0.390 e. The van der Waals surface area contributed by atoms with Crippen molar-refractivity contribution in [3.8, 4) is 11.3 Å². The highest BCUT2D eigenvalue weighted by Gasteiger charge is 2.48. The highest BCUT2D eigenvalue weighted by Crippen LogP contribution is 2.53. The predicted molar refractivity (Wildman–Crippen MR) is 132 cm³/mol. The number of nitrogens with one attached hydrogen (secondary N) is 1. The molecule has 1 aliphatic carbocycles. The Morgan fingerprint density at radius 3 is 2.91 bits per heavy atom. The number of likely N-dealkylation sites (tertiary alicyclic amines) is 1. The van der Waals surface area contributed by atoms with Gasteiger partial charge in [-0.15, -0.1) is 11.3 Å². The van der Waals surface area contributed by atoms with Gasteiger partial charge in [-0.2, -0.15) is 0 Å². The number of aromatic amines is 1. The van der Waals surface area contributed by atoms with E-state index in [2.05, 4.69) is 45.8 Å². The van der Waals surface area contributed by atoms with Crippen molar-refractivity contribution in [1.29, 1.82) is 0 Å². The molecule has 7 heteroatoms. The van der Waals surface area contributed by atoms with Crippen molar-refractivity contribution in [2.75, 3.05) is 19.6 Å². The molecule has 1 aliphatic heterocycles. The number of H-pyrrole nitrogens is 1. The van der Waals surface area contributed by atoms with Crippen LogP contribution in [-0.2, 0) is 4.79 Å². The Morgan fingerprint density at radius 1 is 1.41 bits per heavy atom. The number of aldehydes is 1. The maximum Gasteiger partial charge on any atom is 0.156 e. The monoisotopic (exact) mass is 449 g/mol. The number of hydrogen-bond acceptors (Lipinski definition) is 5. The standard InChI is InChI=1S/C25H31N5OS/c1-15(2)21-22(18-8-16(3)24(27-11-18)28-14-26)29-19-9-20(32-23(19)21)17-4-5-25(10-17)12-30(13-25)6-7-31/h7-9,11,14-15,17,29H,4-6,10,12-13H2,1-3H3,(H2,26,27,28). The van der Waals surface area contributed by atoms with Crippen molar-refractivity contribution in [3.05, 3.63) is 34.3 Å². The number of carbonyl (C=O) groups is 1. The van der Waals surface area contributed by atoms with Crippen molar-refractivity contribution in [3.63, 3.8) is 0 Å². The number of pyridine rings is 1. The smallest absolute Gasteiger partial charge is 0.156 e. The number of nitrogens with zero attached hydrogens (tertiary/aromatic N) is 3. The number of aliphatic imine (C=N–C) groups is 1. The Kier molecular flexibility index (Phi) is 5.42. The van der Waals surface area contributed by atoms with Crippen LogP contribution in [-0.4, -0.2) is 47.1 Å². The number of rotatable bonds is 6. The lowest BCUT2D eigenvalue weighted by Gasteiger charge is -2.47. The van der Waals surface area contributed by atoms with Gasteiger partial charge in [0.1, 0.15) is 6.29 Å². The zero-order chi connectivity index (χ0) is 22.5. The Balaban J connectivity index is 1.44. The Bertz CT molecular complexity index is 1180. The second kappa shape index (κ2) is 8.12. The van der Waals surface area contributed by atoms with E-state index in [1.54, 1.807) is 0 Å². The van der Waals surface area contributed by atoms with Crippen LogP contribution in [0.1, 0.15) is 60.9 Å². The number of aromatic nitrogens is 2. The summed E-state index contributed by atoms with van der Waals surface area (Å²) in [4.78, 5) is 26.9. The highest BCUT2D eigenvalue weighted by atomic mass is 32.1. The minimum Gasteiger partial charge on any atom is -0.390 e. The van der Waals surface area contributed by atoms with E-state index in [0.717, 1.165) is 36.2 Å². The molecule has 5 rings (SSSR count). The summed E-state index contributed by atoms with van der Waals surface area (Å²) >= 11 is 1.97. The van der Waals surface area contributed by atoms with Gasteiger partial charge in [0.25, 0.3) is 0 Å². The van der Waals surface area contributed by atoms with Gasteiger partial charge in [-0.05, 0) is 66.7 Å². The normalized spacial score (nSPS) is 20.7. The van der Waals surface area contributed by atoms with Crippen LogP contribution in [0.15, 0.2) is 23.3 Å². The van der Waals surface area contributed by atoms with Crippen molar-refractivity contribution in [2.24, 2.45) is 16.1 Å². The van der Waals surface area contributed by atoms with E-state index in [9.17, 15) is 4.79 Å². The van der Waals surface area contributed by atoms with Crippen LogP contribution in [0, 0.1) is 12.3 Å². The fourth-order valence-electron chi connectivity index (χ4n) is 5.78. The third-order valence-electron chi connectivity index (χ3n) is 7.19. The van der Waals surface area contributed by atoms with Crippen molar-refractivity contribution < 1.29 is 4.79 Å². The van der Waals surface area contributed by atoms with Gasteiger partial charge in [-0.25, -0.2) is 9.98 Å². The van der Waals surface area contributed by atoms with E-state index in [-0.39, 0.29) is 0 Å². The molecule has 6 nitrogen and oxygen atoms in total. The summed E-state index contributed by atoms with van der Waals surface area (Å²) in [6, 6.07) is 4.52. The fourth-order valence-corrected chi connectivity index (χ4v) is 7.23. The summed E-state index contributed by atoms with van der Waals surface area (Å²) in [5.41, 5.74) is 11.8. The molecule has 0 bridgehead atoms. The quantitative estimate of drug-likeness (QED) is 0.311. The predicted octanol–water partition coefficient (Wildman–Crippen LogP) is 5.11. The van der Waals surface area contributed by atoms with Gasteiger partial charge in [-0.3, -0.25) is 4.90 Å². The van der Waals surface area contributed by atoms with E-state index in [1.807, 2.05) is 24.5 Å². The van der Waals surface area contributed by atoms with E-state index in [4.69, 9.17) is 5.73 Å². The van der Waals surface area contributed by atoms with E-state index in [1.165, 1.54) is 46.3 Å². The molecule has 0 aromatic carbocycles. The Morgan fingerprint density at radius 2 is 2.22 bits per heavy atom. The van der Waals surface area contributed by atoms with Gasteiger partial charge in [-0.1, -0.05) is 13.8 Å². The van der Waals surface area contributed by atoms with Crippen molar-refractivity contribution in [1.82, 2.24) is 14.9 Å². The molecule has 1 atom stereocenters. The Labute approximate surface area is 192 Å². The van der Waals surface area contributed by atoms with Gasteiger partial charge in [0, 0.05) is 29.7 Å². The molecule has 1 spiro atoms. The summed E-state index contributed by atoms with van der Waals surface area (Å²) in [6.45, 7) is 9.30. The number of hydrogen-bond donors (Lipinski definition) is 2. The first-order chi connectivity index (χ1) is 15.4. The molecule has 2 fully saturated rings. The van der Waals surface area contributed by atoms with Crippen molar-refractivity contribution >= 4 is 40.0 Å². The fraction of sp³-hybridized carbons (Fsp3) is 0.480. The molecule has 1 saturated heterocycles. The highest BCUT2D eigenvalue weighted by molar-refractivity contribution is 7.19. The SMILES string of the molecule is Cc1cc(-c2[nH]c3cc(C4CCC5(C4)CN(CC=O)C5)sc3c2C(C)C)cnc1N=CN. The zero-order valence-electron chi connectivity index (χ0n) is 19.0. The molecule has 3 aromatic rings. The molecule has 168 valence electrons. The molecule has 3 aromatic heterocycles. The number of nitrogens with two attached hydrogens (primary N) is 1. The van der Waals surface area contributed by atoms with Gasteiger partial charge in [0.15, 0.2) is 5.82 Å². The van der Waals surface area contributed by atoms with Crippen LogP contribution in [0.3, 0.4) is 0 Å². The van der Waals surface area contributed by atoms with Crippen LogP contribution < -0.4 is 5.73 Å². The maximum absolute atomic E-state index is 10.8. The average molecular weight is 450 g/mol. The average Bonchev–Trinajstić information content (AvgIpc) is 3.41. The van der Waals surface area contributed by atoms with Crippen molar-refractivity contribution in [2.45, 2.75) is 51.9 Å². The van der Waals surface area contributed by atoms with Gasteiger partial charge < -0.3 is 15.5 Å². The lowest BCUT2D eigenvalue weighted by molar-refractivity contribution is -0.112. The summed E-state index contributed by atoms with van der Waals surface area (Å²) in [6.07, 6.45) is 8.00. The van der Waals surface area contributed by atoms with Crippen LogP contribution in [0.2, 0.25) is 0 Å². The maximum atomic E-state index is 10.8. The molecule has 1 unspecified atom stereocenters. The summed E-state index contributed by atoms with van der Waals surface area (Å²) in [5.74, 6) is 1.71.